The van der Waals surface area contributed by atoms with E-state index in [-0.39, 0.29) is 17.3 Å². The largest absolute Gasteiger partial charge is 0.352 e. The molecule has 1 fully saturated rings. The van der Waals surface area contributed by atoms with Crippen LogP contribution in [-0.4, -0.2) is 98.7 Å². The molecule has 0 spiro atoms. The van der Waals surface area contributed by atoms with Crippen LogP contribution in [-0.2, 0) is 23.6 Å². The zero-order valence-electron chi connectivity index (χ0n) is 21.3. The van der Waals surface area contributed by atoms with Gasteiger partial charge in [0.25, 0.3) is 0 Å². The van der Waals surface area contributed by atoms with Gasteiger partial charge >= 0.3 is 0 Å². The van der Waals surface area contributed by atoms with E-state index in [2.05, 4.69) is 59.4 Å². The monoisotopic (exact) mass is 558 g/mol. The summed E-state index contributed by atoms with van der Waals surface area (Å²) in [5, 5.41) is 11.8. The quantitative estimate of drug-likeness (QED) is 0.300. The maximum Gasteiger partial charge on any atom is 0.245 e. The number of anilines is 1. The molecule has 0 saturated carbocycles. The van der Waals surface area contributed by atoms with Crippen LogP contribution in [0.4, 0.5) is 5.82 Å². The van der Waals surface area contributed by atoms with Gasteiger partial charge in [-0.3, -0.25) is 14.6 Å². The van der Waals surface area contributed by atoms with Crippen LogP contribution in [0.1, 0.15) is 5.56 Å². The molecule has 0 atom stereocenters. The van der Waals surface area contributed by atoms with Crippen LogP contribution in [0, 0.1) is 0 Å². The number of benzene rings is 1. The van der Waals surface area contributed by atoms with Gasteiger partial charge in [0.2, 0.25) is 10.0 Å². The van der Waals surface area contributed by atoms with Crippen molar-refractivity contribution in [2.24, 2.45) is 7.05 Å². The Labute approximate surface area is 228 Å². The fourth-order valence-electron chi connectivity index (χ4n) is 4.34. The Morgan fingerprint density at radius 1 is 1.00 bits per heavy atom. The molecule has 38 heavy (non-hydrogen) atoms. The van der Waals surface area contributed by atoms with Gasteiger partial charge in [0.15, 0.2) is 5.82 Å². The van der Waals surface area contributed by atoms with Gasteiger partial charge in [0, 0.05) is 83.7 Å². The molecule has 12 nitrogen and oxygen atoms in total. The van der Waals surface area contributed by atoms with Crippen LogP contribution in [0.2, 0.25) is 0 Å². The van der Waals surface area contributed by atoms with Crippen molar-refractivity contribution in [1.29, 1.82) is 0 Å². The lowest BCUT2D eigenvalue weighted by Crippen LogP contribution is -2.49. The summed E-state index contributed by atoms with van der Waals surface area (Å²) in [5.41, 5.74) is 2.99. The first-order valence-corrected chi connectivity index (χ1v) is 13.5. The third-order valence-corrected chi connectivity index (χ3v) is 8.32. The Morgan fingerprint density at radius 2 is 1.74 bits per heavy atom. The van der Waals surface area contributed by atoms with E-state index < -0.39 is 10.0 Å². The van der Waals surface area contributed by atoms with Crippen LogP contribution in [0.25, 0.3) is 11.3 Å². The van der Waals surface area contributed by atoms with Gasteiger partial charge in [-0.25, -0.2) is 18.1 Å². The summed E-state index contributed by atoms with van der Waals surface area (Å²) < 4.78 is 30.2. The molecular formula is C24H31ClN10O2S. The lowest BCUT2D eigenvalue weighted by Gasteiger charge is -2.36. The molecule has 1 aromatic carbocycles. The van der Waals surface area contributed by atoms with Crippen LogP contribution >= 0.6 is 12.4 Å². The number of rotatable bonds is 9. The maximum absolute atomic E-state index is 12.8. The third kappa shape index (κ3) is 6.18. The number of sulfonamides is 1. The van der Waals surface area contributed by atoms with Crippen LogP contribution in [0.5, 0.6) is 0 Å². The molecular weight excluding hydrogens is 528 g/mol. The number of hydrogen-bond donors (Lipinski definition) is 0. The van der Waals surface area contributed by atoms with E-state index >= 15 is 0 Å². The van der Waals surface area contributed by atoms with Crippen molar-refractivity contribution in [3.8, 4) is 11.3 Å². The summed E-state index contributed by atoms with van der Waals surface area (Å²) in [6.45, 7) is 4.93. The van der Waals surface area contributed by atoms with Crippen molar-refractivity contribution >= 4 is 28.2 Å². The summed E-state index contributed by atoms with van der Waals surface area (Å²) in [7, 11) is -0.222. The molecule has 3 aromatic heterocycles. The van der Waals surface area contributed by atoms with Gasteiger partial charge in [-0.05, 0) is 5.56 Å². The van der Waals surface area contributed by atoms with E-state index in [1.807, 2.05) is 6.20 Å². The highest BCUT2D eigenvalue weighted by Crippen LogP contribution is 2.27. The number of halogens is 1. The SMILES string of the molecule is CN(CCN1CCN(c2nccnc2-c2ccc(Cn3ccnn3)cc2)CC1)S(=O)(=O)c1cnn(C)c1.Cl. The smallest absolute Gasteiger partial charge is 0.245 e. The lowest BCUT2D eigenvalue weighted by atomic mass is 10.1. The Bertz CT molecular complexity index is 1420. The fraction of sp³-hybridized carbons (Fsp3) is 0.375. The molecule has 14 heteroatoms. The minimum Gasteiger partial charge on any atom is -0.352 e. The predicted molar refractivity (Wildman–Crippen MR) is 146 cm³/mol. The molecule has 0 N–H and O–H groups in total. The summed E-state index contributed by atoms with van der Waals surface area (Å²) >= 11 is 0. The molecule has 0 unspecified atom stereocenters. The predicted octanol–water partition coefficient (Wildman–Crippen LogP) is 1.38. The highest BCUT2D eigenvalue weighted by Gasteiger charge is 2.25. The van der Waals surface area contributed by atoms with E-state index in [1.165, 1.54) is 21.4 Å². The van der Waals surface area contributed by atoms with Gasteiger partial charge < -0.3 is 4.90 Å². The van der Waals surface area contributed by atoms with Crippen LogP contribution in [0.3, 0.4) is 0 Å². The van der Waals surface area contributed by atoms with E-state index in [1.54, 1.807) is 37.4 Å². The number of aromatic nitrogens is 7. The molecule has 202 valence electrons. The number of hydrogen-bond acceptors (Lipinski definition) is 9. The van der Waals surface area contributed by atoms with Gasteiger partial charge in [-0.1, -0.05) is 29.5 Å². The molecule has 0 aliphatic carbocycles. The van der Waals surface area contributed by atoms with E-state index in [4.69, 9.17) is 0 Å². The molecule has 1 aliphatic rings. The van der Waals surface area contributed by atoms with Crippen LogP contribution in [0.15, 0.2) is 66.3 Å². The van der Waals surface area contributed by atoms with Crippen molar-refractivity contribution in [1.82, 2.24) is 43.9 Å². The Balaban J connectivity index is 0.00000336. The molecule has 1 aliphatic heterocycles. The normalized spacial score (nSPS) is 14.6. The topological polar surface area (TPSA) is 118 Å². The molecule has 5 rings (SSSR count). The molecule has 4 aromatic rings. The van der Waals surface area contributed by atoms with E-state index in [0.29, 0.717) is 19.6 Å². The van der Waals surface area contributed by atoms with Crippen molar-refractivity contribution < 1.29 is 8.42 Å². The number of aryl methyl sites for hydroxylation is 1. The fourth-order valence-corrected chi connectivity index (χ4v) is 5.48. The van der Waals surface area contributed by atoms with Gasteiger partial charge in [-0.15, -0.1) is 17.5 Å². The number of nitrogens with zero attached hydrogens (tertiary/aromatic N) is 10. The summed E-state index contributed by atoms with van der Waals surface area (Å²) in [6.07, 6.45) is 9.86. The van der Waals surface area contributed by atoms with Gasteiger partial charge in [-0.2, -0.15) is 9.40 Å². The van der Waals surface area contributed by atoms with Crippen molar-refractivity contribution in [2.45, 2.75) is 11.4 Å². The van der Waals surface area contributed by atoms with E-state index in [0.717, 1.165) is 48.8 Å². The summed E-state index contributed by atoms with van der Waals surface area (Å²) in [4.78, 5) is 14.0. The molecule has 0 bridgehead atoms. The Hall–Kier alpha value is -3.39. The molecule has 4 heterocycles. The second kappa shape index (κ2) is 12.0. The standard InChI is InChI=1S/C24H30N10O2S.ClH/c1-30-19-22(17-28-30)37(35,36)31(2)11-12-32-13-15-33(16-14-32)24-23(25-7-8-26-24)21-5-3-20(4-6-21)18-34-10-9-27-29-34;/h3-10,17,19H,11-16,18H2,1-2H3;1H. The summed E-state index contributed by atoms with van der Waals surface area (Å²) in [5.74, 6) is 0.863. The summed E-state index contributed by atoms with van der Waals surface area (Å²) in [6, 6.07) is 8.27. The van der Waals surface area contributed by atoms with Gasteiger partial charge in [0.05, 0.1) is 18.9 Å². The minimum absolute atomic E-state index is 0. The average Bonchev–Trinajstić information content (AvgIpc) is 3.60. The average molecular weight is 559 g/mol. The zero-order chi connectivity index (χ0) is 25.8. The molecule has 0 amide bonds. The van der Waals surface area contributed by atoms with E-state index in [9.17, 15) is 8.42 Å². The lowest BCUT2D eigenvalue weighted by molar-refractivity contribution is 0.243. The molecule has 0 radical (unpaired) electrons. The first-order valence-electron chi connectivity index (χ1n) is 12.1. The molecule has 1 saturated heterocycles. The first-order chi connectivity index (χ1) is 17.9. The maximum atomic E-state index is 12.8. The number of likely N-dealkylation sites (N-methyl/N-ethyl adjacent to an activating group) is 1. The van der Waals surface area contributed by atoms with Gasteiger partial charge in [0.1, 0.15) is 10.6 Å². The van der Waals surface area contributed by atoms with Crippen molar-refractivity contribution in [3.63, 3.8) is 0 Å². The first kappa shape index (κ1) is 27.6. The Morgan fingerprint density at radius 3 is 2.39 bits per heavy atom. The van der Waals surface area contributed by atoms with Crippen molar-refractivity contribution in [2.75, 3.05) is 51.2 Å². The second-order valence-electron chi connectivity index (χ2n) is 9.03. The van der Waals surface area contributed by atoms with Crippen molar-refractivity contribution in [3.05, 3.63) is 67.0 Å². The number of piperazine rings is 1. The third-order valence-electron chi connectivity index (χ3n) is 6.52. The Kier molecular flexibility index (Phi) is 8.72. The van der Waals surface area contributed by atoms with Crippen LogP contribution < -0.4 is 4.90 Å². The highest BCUT2D eigenvalue weighted by atomic mass is 35.5. The second-order valence-corrected chi connectivity index (χ2v) is 11.1. The highest BCUT2D eigenvalue weighted by molar-refractivity contribution is 7.89. The zero-order valence-corrected chi connectivity index (χ0v) is 23.0. The minimum atomic E-state index is -3.54.